The Morgan fingerprint density at radius 2 is 2.00 bits per heavy atom. The summed E-state index contributed by atoms with van der Waals surface area (Å²) in [5, 5.41) is 11.3. The van der Waals surface area contributed by atoms with Crippen molar-refractivity contribution in [1.82, 2.24) is 0 Å². The van der Waals surface area contributed by atoms with Gasteiger partial charge in [0.15, 0.2) is 6.29 Å². The molecule has 0 heterocycles. The van der Waals surface area contributed by atoms with E-state index in [9.17, 15) is 9.90 Å². The first-order valence-corrected chi connectivity index (χ1v) is 4.88. The highest BCUT2D eigenvalue weighted by Crippen LogP contribution is 2.33. The molecule has 14 heavy (non-hydrogen) atoms. The molecule has 0 amide bonds. The van der Waals surface area contributed by atoms with Crippen LogP contribution < -0.4 is 0 Å². The summed E-state index contributed by atoms with van der Waals surface area (Å²) in [5.74, 6) is -0.00120. The van der Waals surface area contributed by atoms with Crippen LogP contribution in [0.3, 0.4) is 0 Å². The predicted molar refractivity (Wildman–Crippen MR) is 58.7 cm³/mol. The fraction of sp³-hybridized carbons (Fsp3) is 0. The number of carbonyl (C=O) groups is 1. The zero-order chi connectivity index (χ0) is 10.1. The molecule has 2 rings (SSSR count). The van der Waals surface area contributed by atoms with Gasteiger partial charge in [0, 0.05) is 0 Å². The first-order chi connectivity index (χ1) is 6.74. The minimum atomic E-state index is -0.00120. The fourth-order valence-corrected chi connectivity index (χ4v) is 1.91. The highest BCUT2D eigenvalue weighted by Gasteiger charge is 2.09. The van der Waals surface area contributed by atoms with Gasteiger partial charge in [-0.05, 0) is 32.8 Å². The topological polar surface area (TPSA) is 37.3 Å². The van der Waals surface area contributed by atoms with Crippen molar-refractivity contribution in [3.8, 4) is 5.75 Å². The molecule has 2 nitrogen and oxygen atoms in total. The number of carbonyl (C=O) groups excluding carboxylic acids is 1. The van der Waals surface area contributed by atoms with E-state index < -0.39 is 0 Å². The van der Waals surface area contributed by atoms with Crippen LogP contribution in [-0.2, 0) is 0 Å². The van der Waals surface area contributed by atoms with Crippen molar-refractivity contribution in [2.75, 3.05) is 0 Å². The lowest BCUT2D eigenvalue weighted by Crippen LogP contribution is -1.85. The number of benzene rings is 2. The second-order valence-electron chi connectivity index (χ2n) is 2.96. The van der Waals surface area contributed by atoms with Gasteiger partial charge in [-0.25, -0.2) is 0 Å². The number of fused-ring (bicyclic) bond motifs is 1. The average molecular weight is 251 g/mol. The Morgan fingerprint density at radius 1 is 1.29 bits per heavy atom. The molecule has 70 valence electrons. The van der Waals surface area contributed by atoms with Gasteiger partial charge in [0.2, 0.25) is 0 Å². The molecule has 0 saturated heterocycles. The Balaban J connectivity index is 2.96. The summed E-state index contributed by atoms with van der Waals surface area (Å²) in [6, 6.07) is 9.22. The van der Waals surface area contributed by atoms with Crippen LogP contribution in [0.25, 0.3) is 10.8 Å². The number of halogens is 1. The van der Waals surface area contributed by atoms with Crippen molar-refractivity contribution >= 4 is 33.0 Å². The normalized spacial score (nSPS) is 10.4. The maximum atomic E-state index is 10.8. The third kappa shape index (κ3) is 1.30. The van der Waals surface area contributed by atoms with Gasteiger partial charge >= 0.3 is 0 Å². The zero-order valence-electron chi connectivity index (χ0n) is 7.20. The first-order valence-electron chi connectivity index (χ1n) is 4.09. The Kier molecular flexibility index (Phi) is 2.25. The van der Waals surface area contributed by atoms with Crippen LogP contribution in [0.5, 0.6) is 5.75 Å². The van der Waals surface area contributed by atoms with Crippen molar-refractivity contribution in [3.63, 3.8) is 0 Å². The SMILES string of the molecule is O=Cc1c(O)c(Br)cc2ccccc12. The van der Waals surface area contributed by atoms with Gasteiger partial charge in [0.05, 0.1) is 10.0 Å². The number of hydrogen-bond acceptors (Lipinski definition) is 2. The zero-order valence-corrected chi connectivity index (χ0v) is 8.78. The van der Waals surface area contributed by atoms with Crippen molar-refractivity contribution < 1.29 is 9.90 Å². The fourth-order valence-electron chi connectivity index (χ4n) is 1.45. The van der Waals surface area contributed by atoms with E-state index in [1.807, 2.05) is 24.3 Å². The van der Waals surface area contributed by atoms with Gasteiger partial charge in [-0.3, -0.25) is 4.79 Å². The number of phenols is 1. The van der Waals surface area contributed by atoms with Crippen LogP contribution in [0.2, 0.25) is 0 Å². The minimum Gasteiger partial charge on any atom is -0.506 e. The quantitative estimate of drug-likeness (QED) is 0.790. The maximum Gasteiger partial charge on any atom is 0.154 e. The van der Waals surface area contributed by atoms with E-state index in [4.69, 9.17) is 0 Å². The van der Waals surface area contributed by atoms with E-state index in [1.165, 1.54) is 0 Å². The Labute approximate surface area is 89.3 Å². The smallest absolute Gasteiger partial charge is 0.154 e. The number of rotatable bonds is 1. The maximum absolute atomic E-state index is 10.8. The Morgan fingerprint density at radius 3 is 2.71 bits per heavy atom. The molecule has 0 aromatic heterocycles. The summed E-state index contributed by atoms with van der Waals surface area (Å²) >= 11 is 3.20. The molecule has 2 aromatic carbocycles. The highest BCUT2D eigenvalue weighted by molar-refractivity contribution is 9.10. The number of hydrogen-bond donors (Lipinski definition) is 1. The minimum absolute atomic E-state index is 0.00120. The number of phenolic OH excluding ortho intramolecular Hbond substituents is 1. The molecule has 2 aromatic rings. The second-order valence-corrected chi connectivity index (χ2v) is 3.81. The lowest BCUT2D eigenvalue weighted by atomic mass is 10.0. The van der Waals surface area contributed by atoms with Gasteiger partial charge in [-0.15, -0.1) is 0 Å². The number of aldehydes is 1. The van der Waals surface area contributed by atoms with Crippen LogP contribution >= 0.6 is 15.9 Å². The summed E-state index contributed by atoms with van der Waals surface area (Å²) in [5.41, 5.74) is 0.329. The molecule has 0 unspecified atom stereocenters. The molecule has 1 N–H and O–H groups in total. The largest absolute Gasteiger partial charge is 0.506 e. The lowest BCUT2D eigenvalue weighted by molar-refractivity contribution is 0.112. The molecule has 0 aliphatic carbocycles. The van der Waals surface area contributed by atoms with Gasteiger partial charge < -0.3 is 5.11 Å². The molecule has 0 fully saturated rings. The van der Waals surface area contributed by atoms with E-state index in [2.05, 4.69) is 15.9 Å². The second kappa shape index (κ2) is 3.42. The summed E-state index contributed by atoms with van der Waals surface area (Å²) < 4.78 is 0.540. The molecular weight excluding hydrogens is 244 g/mol. The van der Waals surface area contributed by atoms with Crippen molar-refractivity contribution in [2.24, 2.45) is 0 Å². The molecule has 0 radical (unpaired) electrons. The Hall–Kier alpha value is -1.35. The Bertz CT molecular complexity index is 506. The average Bonchev–Trinajstić information content (AvgIpc) is 2.20. The summed E-state index contributed by atoms with van der Waals surface area (Å²) in [6.45, 7) is 0. The van der Waals surface area contributed by atoms with E-state index in [-0.39, 0.29) is 5.75 Å². The molecular formula is C11H7BrO2. The third-order valence-corrected chi connectivity index (χ3v) is 2.74. The van der Waals surface area contributed by atoms with Crippen molar-refractivity contribution in [3.05, 3.63) is 40.4 Å². The highest BCUT2D eigenvalue weighted by atomic mass is 79.9. The monoisotopic (exact) mass is 250 g/mol. The van der Waals surface area contributed by atoms with Gasteiger partial charge in [0.25, 0.3) is 0 Å². The standard InChI is InChI=1S/C11H7BrO2/c12-10-5-7-3-1-2-4-8(7)9(6-13)11(10)14/h1-6,14H. The summed E-state index contributed by atoms with van der Waals surface area (Å²) in [7, 11) is 0. The van der Waals surface area contributed by atoms with Crippen molar-refractivity contribution in [2.45, 2.75) is 0 Å². The molecule has 0 aliphatic heterocycles. The molecule has 0 aliphatic rings. The van der Waals surface area contributed by atoms with E-state index in [0.717, 1.165) is 10.8 Å². The number of aromatic hydroxyl groups is 1. The van der Waals surface area contributed by atoms with E-state index in [0.29, 0.717) is 16.3 Å². The lowest BCUT2D eigenvalue weighted by Gasteiger charge is -2.05. The van der Waals surface area contributed by atoms with Gasteiger partial charge in [0.1, 0.15) is 5.75 Å². The van der Waals surface area contributed by atoms with Crippen LogP contribution in [0, 0.1) is 0 Å². The predicted octanol–water partition coefficient (Wildman–Crippen LogP) is 3.12. The van der Waals surface area contributed by atoms with Crippen LogP contribution in [0.15, 0.2) is 34.8 Å². The summed E-state index contributed by atoms with van der Waals surface area (Å²) in [6.07, 6.45) is 0.669. The molecule has 3 heteroatoms. The van der Waals surface area contributed by atoms with E-state index in [1.54, 1.807) is 6.07 Å². The third-order valence-electron chi connectivity index (χ3n) is 2.13. The summed E-state index contributed by atoms with van der Waals surface area (Å²) in [4.78, 5) is 10.8. The van der Waals surface area contributed by atoms with Crippen LogP contribution in [-0.4, -0.2) is 11.4 Å². The van der Waals surface area contributed by atoms with Gasteiger partial charge in [-0.2, -0.15) is 0 Å². The molecule has 0 spiro atoms. The molecule has 0 atom stereocenters. The van der Waals surface area contributed by atoms with Crippen molar-refractivity contribution in [1.29, 1.82) is 0 Å². The first kappa shape index (κ1) is 9.21. The molecule has 0 bridgehead atoms. The van der Waals surface area contributed by atoms with E-state index >= 15 is 0 Å². The van der Waals surface area contributed by atoms with Crippen LogP contribution in [0.1, 0.15) is 10.4 Å². The molecule has 0 saturated carbocycles. The van der Waals surface area contributed by atoms with Gasteiger partial charge in [-0.1, -0.05) is 24.3 Å². The van der Waals surface area contributed by atoms with Crippen LogP contribution in [0.4, 0.5) is 0 Å².